The van der Waals surface area contributed by atoms with E-state index in [1.807, 2.05) is 0 Å². The molecule has 0 saturated heterocycles. The number of rotatable bonds is 39. The maximum Gasteiger partial charge on any atom is 0.453 e. The van der Waals surface area contributed by atoms with Crippen LogP contribution < -0.4 is 0 Å². The summed E-state index contributed by atoms with van der Waals surface area (Å²) in [5.41, 5.74) is 0. The van der Waals surface area contributed by atoms with Crippen LogP contribution in [0.5, 0.6) is 0 Å². The molecule has 53 heavy (non-hydrogen) atoms. The fourth-order valence-corrected chi connectivity index (χ4v) is 5.93. The highest BCUT2D eigenvalue weighted by Gasteiger charge is 2.56. The molecule has 1 N–H and O–H groups in total. The van der Waals surface area contributed by atoms with E-state index in [1.54, 1.807) is 0 Å². The van der Waals surface area contributed by atoms with Crippen molar-refractivity contribution in [3.05, 3.63) is 24.3 Å². The third-order valence-electron chi connectivity index (χ3n) is 9.19. The van der Waals surface area contributed by atoms with Crippen molar-refractivity contribution < 1.29 is 46.1 Å². The van der Waals surface area contributed by atoms with Crippen LogP contribution >= 0.6 is 0 Å². The molecule has 0 heterocycles. The van der Waals surface area contributed by atoms with Crippen LogP contribution in [0.4, 0.5) is 22.0 Å². The predicted molar refractivity (Wildman–Crippen MR) is 206 cm³/mol. The summed E-state index contributed by atoms with van der Waals surface area (Å²) in [4.78, 5) is 14.3. The Kier molecular flexibility index (Phi) is 35.0. The van der Waals surface area contributed by atoms with E-state index in [2.05, 4.69) is 43.1 Å². The van der Waals surface area contributed by atoms with Gasteiger partial charge in [-0.2, -0.15) is 22.0 Å². The number of aliphatic hydroxyl groups excluding tert-OH is 1. The summed E-state index contributed by atoms with van der Waals surface area (Å²) in [5, 5.41) is 9.53. The third kappa shape index (κ3) is 33.5. The van der Waals surface area contributed by atoms with Crippen LogP contribution in [-0.2, 0) is 19.0 Å². The number of unbranched alkanes of at least 4 members (excludes halogenated alkanes) is 15. The van der Waals surface area contributed by atoms with Crippen LogP contribution in [0.2, 0.25) is 0 Å². The molecule has 0 bridgehead atoms. The highest BCUT2D eigenvalue weighted by Crippen LogP contribution is 2.39. The number of carbonyl (C=O) groups excluding carboxylic acids is 1. The van der Waals surface area contributed by atoms with Crippen molar-refractivity contribution in [3.63, 3.8) is 0 Å². The SMILES string of the molecule is CC/C=C\CCCCOC(CCCCCCCN(CCO)CCCCCCCC(=O)OCCCCCCC(F)(F)C(F)(F)F)OCCCC/C=C\CC. The van der Waals surface area contributed by atoms with Crippen molar-refractivity contribution in [2.45, 2.75) is 193 Å². The van der Waals surface area contributed by atoms with E-state index in [0.717, 1.165) is 129 Å². The molecule has 0 aromatic rings. The Labute approximate surface area is 319 Å². The minimum atomic E-state index is -5.50. The van der Waals surface area contributed by atoms with Gasteiger partial charge in [0.05, 0.1) is 13.2 Å². The molecule has 11 heteroatoms. The monoisotopic (exact) mass is 770 g/mol. The Morgan fingerprint density at radius 3 is 1.64 bits per heavy atom. The molecule has 0 aliphatic carbocycles. The van der Waals surface area contributed by atoms with Gasteiger partial charge < -0.3 is 24.2 Å². The normalized spacial score (nSPS) is 12.7. The molecule has 0 atom stereocenters. The number of halogens is 5. The highest BCUT2D eigenvalue weighted by molar-refractivity contribution is 5.69. The number of hydrogen-bond donors (Lipinski definition) is 1. The molecule has 0 rings (SSSR count). The topological polar surface area (TPSA) is 68.2 Å². The second-order valence-electron chi connectivity index (χ2n) is 14.1. The highest BCUT2D eigenvalue weighted by atomic mass is 19.4. The molecule has 0 fully saturated rings. The number of alkyl halides is 5. The number of nitrogens with zero attached hydrogens (tertiary/aromatic N) is 1. The first-order valence-electron chi connectivity index (χ1n) is 21.0. The van der Waals surface area contributed by atoms with E-state index in [-0.39, 0.29) is 38.3 Å². The summed E-state index contributed by atoms with van der Waals surface area (Å²) in [7, 11) is 0. The van der Waals surface area contributed by atoms with Crippen LogP contribution in [0.25, 0.3) is 0 Å². The molecule has 0 unspecified atom stereocenters. The van der Waals surface area contributed by atoms with Crippen molar-refractivity contribution in [1.82, 2.24) is 4.90 Å². The Hall–Kier alpha value is -1.56. The number of ether oxygens (including phenoxy) is 3. The fraction of sp³-hybridized carbons (Fsp3) is 0.881. The van der Waals surface area contributed by atoms with Crippen molar-refractivity contribution in [1.29, 1.82) is 0 Å². The molecule has 0 aromatic carbocycles. The molecule has 0 aromatic heterocycles. The molecule has 0 aliphatic rings. The number of aliphatic hydroxyl groups is 1. The molecule has 0 aliphatic heterocycles. The summed E-state index contributed by atoms with van der Waals surface area (Å²) < 4.78 is 79.8. The smallest absolute Gasteiger partial charge is 0.453 e. The summed E-state index contributed by atoms with van der Waals surface area (Å²) in [6, 6.07) is 0. The van der Waals surface area contributed by atoms with Crippen molar-refractivity contribution in [3.8, 4) is 0 Å². The maximum absolute atomic E-state index is 12.9. The lowest BCUT2D eigenvalue weighted by atomic mass is 10.1. The van der Waals surface area contributed by atoms with Gasteiger partial charge in [-0.15, -0.1) is 0 Å². The van der Waals surface area contributed by atoms with Crippen molar-refractivity contribution in [2.24, 2.45) is 0 Å². The molecular weight excluding hydrogens is 693 g/mol. The van der Waals surface area contributed by atoms with Gasteiger partial charge in [0.15, 0.2) is 6.29 Å². The van der Waals surface area contributed by atoms with E-state index in [9.17, 15) is 31.9 Å². The first kappa shape index (κ1) is 51.4. The zero-order chi connectivity index (χ0) is 39.3. The Balaban J connectivity index is 3.99. The lowest BCUT2D eigenvalue weighted by Gasteiger charge is -2.21. The average Bonchev–Trinajstić information content (AvgIpc) is 3.11. The molecule has 0 spiro atoms. The van der Waals surface area contributed by atoms with Gasteiger partial charge in [0, 0.05) is 32.6 Å². The minimum absolute atomic E-state index is 0.109. The average molecular weight is 770 g/mol. The molecule has 0 radical (unpaired) electrons. The predicted octanol–water partition coefficient (Wildman–Crippen LogP) is 12.3. The second-order valence-corrected chi connectivity index (χ2v) is 14.1. The first-order chi connectivity index (χ1) is 25.6. The molecular formula is C42H76F5NO5. The number of carbonyl (C=O) groups is 1. The van der Waals surface area contributed by atoms with Crippen molar-refractivity contribution in [2.75, 3.05) is 46.1 Å². The Morgan fingerprint density at radius 1 is 0.604 bits per heavy atom. The van der Waals surface area contributed by atoms with Gasteiger partial charge in [-0.25, -0.2) is 0 Å². The molecule has 314 valence electrons. The van der Waals surface area contributed by atoms with Gasteiger partial charge >= 0.3 is 18.1 Å². The van der Waals surface area contributed by atoms with Gasteiger partial charge in [0.2, 0.25) is 0 Å². The number of esters is 1. The molecule has 0 saturated carbocycles. The maximum atomic E-state index is 12.9. The lowest BCUT2D eigenvalue weighted by molar-refractivity contribution is -0.284. The second kappa shape index (κ2) is 36.1. The van der Waals surface area contributed by atoms with Gasteiger partial charge in [-0.05, 0) is 109 Å². The molecule has 6 nitrogen and oxygen atoms in total. The summed E-state index contributed by atoms with van der Waals surface area (Å²) in [6.07, 6.45) is 23.6. The number of allylic oxidation sites excluding steroid dienone is 4. The van der Waals surface area contributed by atoms with Crippen LogP contribution in [-0.4, -0.2) is 80.4 Å². The van der Waals surface area contributed by atoms with Gasteiger partial charge in [0.25, 0.3) is 0 Å². The third-order valence-corrected chi connectivity index (χ3v) is 9.19. The standard InChI is InChI=1S/C42H76F5NO5/c1-3-5-7-9-18-27-37-52-40(53-38-28-19-10-8-6-4-2)30-22-14-12-17-25-33-48(34-35-49)32-24-16-11-13-21-29-39(50)51-36-26-20-15-23-31-41(43,44)42(45,46)47/h5-8,40,49H,3-4,9-38H2,1-2H3/b7-5-,8-6-. The minimum Gasteiger partial charge on any atom is -0.466 e. The van der Waals surface area contributed by atoms with E-state index >= 15 is 0 Å². The summed E-state index contributed by atoms with van der Waals surface area (Å²) in [6.45, 7) is 8.77. The summed E-state index contributed by atoms with van der Waals surface area (Å²) in [5.74, 6) is -4.94. The quantitative estimate of drug-likeness (QED) is 0.0221. The Bertz CT molecular complexity index is 847. The van der Waals surface area contributed by atoms with Crippen LogP contribution in [0.1, 0.15) is 174 Å². The van der Waals surface area contributed by atoms with E-state index in [1.165, 1.54) is 19.3 Å². The van der Waals surface area contributed by atoms with Crippen LogP contribution in [0, 0.1) is 0 Å². The zero-order valence-electron chi connectivity index (χ0n) is 33.4. The lowest BCUT2D eigenvalue weighted by Crippen LogP contribution is -2.36. The fourth-order valence-electron chi connectivity index (χ4n) is 5.93. The first-order valence-corrected chi connectivity index (χ1v) is 21.0. The van der Waals surface area contributed by atoms with Crippen molar-refractivity contribution >= 4 is 5.97 Å². The van der Waals surface area contributed by atoms with Gasteiger partial charge in [-0.3, -0.25) is 4.79 Å². The largest absolute Gasteiger partial charge is 0.466 e. The summed E-state index contributed by atoms with van der Waals surface area (Å²) >= 11 is 0. The van der Waals surface area contributed by atoms with Gasteiger partial charge in [0.1, 0.15) is 0 Å². The van der Waals surface area contributed by atoms with Crippen LogP contribution in [0.3, 0.4) is 0 Å². The van der Waals surface area contributed by atoms with E-state index < -0.39 is 18.5 Å². The van der Waals surface area contributed by atoms with Crippen LogP contribution in [0.15, 0.2) is 24.3 Å². The Morgan fingerprint density at radius 2 is 1.09 bits per heavy atom. The molecule has 0 amide bonds. The van der Waals surface area contributed by atoms with E-state index in [4.69, 9.17) is 14.2 Å². The van der Waals surface area contributed by atoms with Gasteiger partial charge in [-0.1, -0.05) is 89.5 Å². The zero-order valence-corrected chi connectivity index (χ0v) is 33.4. The number of hydrogen-bond acceptors (Lipinski definition) is 6. The van der Waals surface area contributed by atoms with E-state index in [0.29, 0.717) is 25.8 Å².